The van der Waals surface area contributed by atoms with Gasteiger partial charge in [0.15, 0.2) is 5.13 Å². The largest absolute Gasteiger partial charge is 0.496 e. The van der Waals surface area contributed by atoms with E-state index in [0.717, 1.165) is 21.2 Å². The number of aryl methyl sites for hydroxylation is 1. The number of aromatic nitrogens is 1. The number of nitrogens with one attached hydrogen (secondary N) is 1. The predicted octanol–water partition coefficient (Wildman–Crippen LogP) is 3.04. The lowest BCUT2D eigenvalue weighted by Crippen LogP contribution is -2.22. The summed E-state index contributed by atoms with van der Waals surface area (Å²) in [6.45, 7) is 1.92. The van der Waals surface area contributed by atoms with E-state index in [1.165, 1.54) is 31.5 Å². The molecule has 1 heterocycles. The van der Waals surface area contributed by atoms with E-state index in [0.29, 0.717) is 15.3 Å². The third kappa shape index (κ3) is 4.16. The van der Waals surface area contributed by atoms with Gasteiger partial charge in [-0.05, 0) is 42.3 Å². The highest BCUT2D eigenvalue weighted by atomic mass is 32.2. The molecule has 2 aromatic carbocycles. The van der Waals surface area contributed by atoms with Crippen molar-refractivity contribution >= 4 is 42.6 Å². The number of fused-ring (bicyclic) bond motifs is 1. The average molecular weight is 420 g/mol. The number of nitrogens with zero attached hydrogens (tertiary/aromatic N) is 2. The van der Waals surface area contributed by atoms with Gasteiger partial charge in [0.1, 0.15) is 5.75 Å². The number of amides is 1. The lowest BCUT2D eigenvalue weighted by Gasteiger charge is -2.10. The number of ether oxygens (including phenoxy) is 1. The monoisotopic (exact) mass is 419 g/mol. The van der Waals surface area contributed by atoms with Crippen molar-refractivity contribution in [1.29, 1.82) is 0 Å². The van der Waals surface area contributed by atoms with E-state index in [1.807, 2.05) is 25.1 Å². The Morgan fingerprint density at radius 1 is 1.21 bits per heavy atom. The Balaban J connectivity index is 1.77. The fraction of sp³-hybridized carbons (Fsp3) is 0.263. The van der Waals surface area contributed by atoms with E-state index in [-0.39, 0.29) is 17.2 Å². The molecule has 0 saturated heterocycles. The Bertz CT molecular complexity index is 1140. The number of anilines is 1. The van der Waals surface area contributed by atoms with Crippen LogP contribution in [0.25, 0.3) is 10.2 Å². The van der Waals surface area contributed by atoms with E-state index in [1.54, 1.807) is 19.2 Å². The van der Waals surface area contributed by atoms with E-state index >= 15 is 0 Å². The first-order chi connectivity index (χ1) is 13.2. The fourth-order valence-electron chi connectivity index (χ4n) is 2.73. The van der Waals surface area contributed by atoms with Gasteiger partial charge >= 0.3 is 0 Å². The zero-order chi connectivity index (χ0) is 20.5. The van der Waals surface area contributed by atoms with Gasteiger partial charge in [0.2, 0.25) is 15.9 Å². The maximum Gasteiger partial charge on any atom is 0.242 e. The summed E-state index contributed by atoms with van der Waals surface area (Å²) < 4.78 is 31.6. The summed E-state index contributed by atoms with van der Waals surface area (Å²) in [5.41, 5.74) is 2.47. The molecule has 3 aromatic rings. The van der Waals surface area contributed by atoms with Crippen LogP contribution >= 0.6 is 11.3 Å². The van der Waals surface area contributed by atoms with Crippen LogP contribution in [0.3, 0.4) is 0 Å². The molecule has 28 heavy (non-hydrogen) atoms. The minimum Gasteiger partial charge on any atom is -0.496 e. The van der Waals surface area contributed by atoms with Crippen molar-refractivity contribution in [1.82, 2.24) is 9.29 Å². The van der Waals surface area contributed by atoms with Crippen molar-refractivity contribution in [2.24, 2.45) is 0 Å². The first kappa shape index (κ1) is 20.2. The normalized spacial score (nSPS) is 11.8. The lowest BCUT2D eigenvalue weighted by atomic mass is 10.1. The smallest absolute Gasteiger partial charge is 0.242 e. The second kappa shape index (κ2) is 7.86. The van der Waals surface area contributed by atoms with Crippen LogP contribution in [0.1, 0.15) is 11.1 Å². The second-order valence-corrected chi connectivity index (χ2v) is 9.65. The van der Waals surface area contributed by atoms with Crippen molar-refractivity contribution in [3.63, 3.8) is 0 Å². The molecule has 1 amide bonds. The molecule has 0 aliphatic carbocycles. The molecule has 1 N–H and O–H groups in total. The second-order valence-electron chi connectivity index (χ2n) is 6.46. The standard InChI is InChI=1S/C19H21N3O4S2/c1-12-9-13(5-8-16(12)26-4)10-18(23)21-19-20-15-7-6-14(11-17(15)27-19)28(24,25)22(2)3/h5-9,11H,10H2,1-4H3,(H,20,21,23). The molecular weight excluding hydrogens is 398 g/mol. The highest BCUT2D eigenvalue weighted by Crippen LogP contribution is 2.29. The number of sulfonamides is 1. The van der Waals surface area contributed by atoms with Crippen LogP contribution in [-0.2, 0) is 21.2 Å². The van der Waals surface area contributed by atoms with Crippen molar-refractivity contribution in [2.45, 2.75) is 18.2 Å². The van der Waals surface area contributed by atoms with Gasteiger partial charge in [0, 0.05) is 14.1 Å². The lowest BCUT2D eigenvalue weighted by molar-refractivity contribution is -0.115. The quantitative estimate of drug-likeness (QED) is 0.663. The van der Waals surface area contributed by atoms with Crippen LogP contribution in [0.4, 0.5) is 5.13 Å². The Kier molecular flexibility index (Phi) is 5.69. The fourth-order valence-corrected chi connectivity index (χ4v) is 4.65. The predicted molar refractivity (Wildman–Crippen MR) is 111 cm³/mol. The molecule has 7 nitrogen and oxygen atoms in total. The van der Waals surface area contributed by atoms with Gasteiger partial charge in [-0.15, -0.1) is 0 Å². The highest BCUT2D eigenvalue weighted by Gasteiger charge is 2.18. The maximum absolute atomic E-state index is 12.4. The number of hydrogen-bond donors (Lipinski definition) is 1. The van der Waals surface area contributed by atoms with Crippen LogP contribution in [-0.4, -0.2) is 44.8 Å². The van der Waals surface area contributed by atoms with Gasteiger partial charge in [-0.1, -0.05) is 23.5 Å². The van der Waals surface area contributed by atoms with Gasteiger partial charge in [0.25, 0.3) is 0 Å². The van der Waals surface area contributed by atoms with Crippen LogP contribution < -0.4 is 10.1 Å². The molecule has 148 valence electrons. The summed E-state index contributed by atoms with van der Waals surface area (Å²) in [6, 6.07) is 10.3. The number of carbonyl (C=O) groups is 1. The molecule has 0 aliphatic heterocycles. The van der Waals surface area contributed by atoms with Gasteiger partial charge < -0.3 is 10.1 Å². The Labute approximate surface area is 168 Å². The zero-order valence-corrected chi connectivity index (χ0v) is 17.6. The van der Waals surface area contributed by atoms with Crippen LogP contribution in [0.5, 0.6) is 5.75 Å². The highest BCUT2D eigenvalue weighted by molar-refractivity contribution is 7.89. The van der Waals surface area contributed by atoms with Gasteiger partial charge in [-0.3, -0.25) is 4.79 Å². The molecule has 0 atom stereocenters. The molecular formula is C19H21N3O4S2. The minimum absolute atomic E-state index is 0.190. The summed E-state index contributed by atoms with van der Waals surface area (Å²) in [5.74, 6) is 0.587. The van der Waals surface area contributed by atoms with E-state index in [9.17, 15) is 13.2 Å². The maximum atomic E-state index is 12.4. The van der Waals surface area contributed by atoms with Crippen molar-refractivity contribution in [3.05, 3.63) is 47.5 Å². The summed E-state index contributed by atoms with van der Waals surface area (Å²) in [5, 5.41) is 3.22. The first-order valence-corrected chi connectivity index (χ1v) is 10.7. The SMILES string of the molecule is COc1ccc(CC(=O)Nc2nc3ccc(S(=O)(=O)N(C)C)cc3s2)cc1C. The molecule has 3 rings (SSSR count). The third-order valence-corrected chi connectivity index (χ3v) is 6.95. The van der Waals surface area contributed by atoms with Crippen molar-refractivity contribution in [3.8, 4) is 5.75 Å². The Hall–Kier alpha value is -2.49. The summed E-state index contributed by atoms with van der Waals surface area (Å²) in [7, 11) is 1.06. The van der Waals surface area contributed by atoms with Crippen molar-refractivity contribution in [2.75, 3.05) is 26.5 Å². The Morgan fingerprint density at radius 2 is 1.96 bits per heavy atom. The zero-order valence-electron chi connectivity index (χ0n) is 16.0. The number of methoxy groups -OCH3 is 1. The van der Waals surface area contributed by atoms with E-state index < -0.39 is 10.0 Å². The summed E-state index contributed by atoms with van der Waals surface area (Å²) >= 11 is 1.24. The third-order valence-electron chi connectivity index (χ3n) is 4.21. The topological polar surface area (TPSA) is 88.6 Å². The number of carbonyl (C=O) groups excluding carboxylic acids is 1. The summed E-state index contributed by atoms with van der Waals surface area (Å²) in [6.07, 6.45) is 0.209. The van der Waals surface area contributed by atoms with Gasteiger partial charge in [-0.2, -0.15) is 0 Å². The van der Waals surface area contributed by atoms with E-state index in [2.05, 4.69) is 10.3 Å². The van der Waals surface area contributed by atoms with Crippen LogP contribution in [0.2, 0.25) is 0 Å². The number of benzene rings is 2. The molecule has 0 unspecified atom stereocenters. The van der Waals surface area contributed by atoms with Crippen LogP contribution in [0, 0.1) is 6.92 Å². The first-order valence-electron chi connectivity index (χ1n) is 8.47. The molecule has 0 fully saturated rings. The molecule has 0 saturated carbocycles. The average Bonchev–Trinajstić information content (AvgIpc) is 3.02. The molecule has 0 aliphatic rings. The van der Waals surface area contributed by atoms with Crippen molar-refractivity contribution < 1.29 is 17.9 Å². The van der Waals surface area contributed by atoms with Crippen LogP contribution in [0.15, 0.2) is 41.3 Å². The molecule has 0 spiro atoms. The molecule has 0 bridgehead atoms. The number of hydrogen-bond acceptors (Lipinski definition) is 6. The summed E-state index contributed by atoms with van der Waals surface area (Å²) in [4.78, 5) is 16.9. The van der Waals surface area contributed by atoms with E-state index in [4.69, 9.17) is 4.74 Å². The number of rotatable bonds is 6. The minimum atomic E-state index is -3.52. The molecule has 9 heteroatoms. The Morgan fingerprint density at radius 3 is 2.61 bits per heavy atom. The molecule has 1 aromatic heterocycles. The van der Waals surface area contributed by atoms with Gasteiger partial charge in [0.05, 0.1) is 28.6 Å². The molecule has 0 radical (unpaired) electrons. The van der Waals surface area contributed by atoms with Gasteiger partial charge in [-0.25, -0.2) is 17.7 Å². The number of thiazole rings is 1.